The average molecular weight is 338 g/mol. The second kappa shape index (κ2) is 7.39. The van der Waals surface area contributed by atoms with E-state index in [0.29, 0.717) is 17.3 Å². The van der Waals surface area contributed by atoms with Gasteiger partial charge in [0.2, 0.25) is 5.88 Å². The van der Waals surface area contributed by atoms with Crippen LogP contribution in [-0.2, 0) is 0 Å². The zero-order valence-electron chi connectivity index (χ0n) is 13.4. The number of carbonyl (C=O) groups excluding carboxylic acids is 1. The monoisotopic (exact) mass is 338 g/mol. The first-order valence-electron chi connectivity index (χ1n) is 7.51. The van der Waals surface area contributed by atoms with Gasteiger partial charge in [-0.15, -0.1) is 5.10 Å². The van der Waals surface area contributed by atoms with Crippen molar-refractivity contribution in [2.75, 3.05) is 10.6 Å². The number of nitrogens with one attached hydrogen (secondary N) is 2. The molecule has 7 heteroatoms. The van der Waals surface area contributed by atoms with Crippen LogP contribution in [0.15, 0.2) is 60.7 Å². The van der Waals surface area contributed by atoms with Crippen molar-refractivity contribution in [3.63, 3.8) is 0 Å². The first-order chi connectivity index (χ1) is 12.1. The molecule has 0 aliphatic carbocycles. The van der Waals surface area contributed by atoms with Gasteiger partial charge >= 0.3 is 6.03 Å². The molecular formula is C18H15FN4O2. The van der Waals surface area contributed by atoms with Crippen LogP contribution in [0.25, 0.3) is 0 Å². The third-order valence-electron chi connectivity index (χ3n) is 3.21. The summed E-state index contributed by atoms with van der Waals surface area (Å²) in [6, 6.07) is 15.6. The summed E-state index contributed by atoms with van der Waals surface area (Å²) in [5, 5.41) is 12.9. The van der Waals surface area contributed by atoms with Crippen LogP contribution < -0.4 is 15.4 Å². The van der Waals surface area contributed by atoms with Gasteiger partial charge in [0.05, 0.1) is 11.4 Å². The maximum absolute atomic E-state index is 13.5. The predicted molar refractivity (Wildman–Crippen MR) is 92.3 cm³/mol. The Labute approximate surface area is 143 Å². The van der Waals surface area contributed by atoms with E-state index >= 15 is 0 Å². The fraction of sp³-hybridized carbons (Fsp3) is 0.0556. The van der Waals surface area contributed by atoms with Gasteiger partial charge in [0.1, 0.15) is 11.6 Å². The second-order valence-corrected chi connectivity index (χ2v) is 5.20. The SMILES string of the molecule is Cc1ccc(Oc2cccc(NC(=O)Nc3ccccc3F)c2)nn1. The molecule has 25 heavy (non-hydrogen) atoms. The van der Waals surface area contributed by atoms with Gasteiger partial charge in [0.25, 0.3) is 0 Å². The minimum absolute atomic E-state index is 0.0994. The molecule has 3 rings (SSSR count). The zero-order chi connectivity index (χ0) is 17.6. The molecule has 126 valence electrons. The number of para-hydroxylation sites is 1. The molecular weight excluding hydrogens is 323 g/mol. The Morgan fingerprint density at radius 2 is 1.84 bits per heavy atom. The Balaban J connectivity index is 1.66. The first-order valence-corrected chi connectivity index (χ1v) is 7.51. The highest BCUT2D eigenvalue weighted by Gasteiger charge is 2.07. The number of halogens is 1. The lowest BCUT2D eigenvalue weighted by Crippen LogP contribution is -2.20. The van der Waals surface area contributed by atoms with E-state index in [9.17, 15) is 9.18 Å². The van der Waals surface area contributed by atoms with Crippen LogP contribution in [0.1, 0.15) is 5.69 Å². The number of aryl methyl sites for hydroxylation is 1. The van der Waals surface area contributed by atoms with E-state index in [1.54, 1.807) is 48.5 Å². The van der Waals surface area contributed by atoms with Crippen molar-refractivity contribution in [2.24, 2.45) is 0 Å². The van der Waals surface area contributed by atoms with Crippen molar-refractivity contribution >= 4 is 17.4 Å². The van der Waals surface area contributed by atoms with E-state index in [0.717, 1.165) is 5.69 Å². The second-order valence-electron chi connectivity index (χ2n) is 5.20. The Bertz CT molecular complexity index is 884. The van der Waals surface area contributed by atoms with Gasteiger partial charge in [-0.2, -0.15) is 5.10 Å². The maximum Gasteiger partial charge on any atom is 0.323 e. The molecule has 0 atom stereocenters. The standard InChI is InChI=1S/C18H15FN4O2/c1-12-9-10-17(23-22-12)25-14-6-4-5-13(11-14)20-18(24)21-16-8-3-2-7-15(16)19/h2-11H,1H3,(H2,20,21,24). The number of hydrogen-bond donors (Lipinski definition) is 2. The largest absolute Gasteiger partial charge is 0.437 e. The number of rotatable bonds is 4. The first kappa shape index (κ1) is 16.4. The third kappa shape index (κ3) is 4.51. The van der Waals surface area contributed by atoms with Gasteiger partial charge in [-0.05, 0) is 37.3 Å². The van der Waals surface area contributed by atoms with E-state index in [2.05, 4.69) is 20.8 Å². The molecule has 1 aromatic heterocycles. The summed E-state index contributed by atoms with van der Waals surface area (Å²) in [6.45, 7) is 1.83. The summed E-state index contributed by atoms with van der Waals surface area (Å²) < 4.78 is 19.1. The third-order valence-corrected chi connectivity index (χ3v) is 3.21. The summed E-state index contributed by atoms with van der Waals surface area (Å²) in [7, 11) is 0. The van der Waals surface area contributed by atoms with E-state index < -0.39 is 11.8 Å². The quantitative estimate of drug-likeness (QED) is 0.741. The number of nitrogens with zero attached hydrogens (tertiary/aromatic N) is 2. The highest BCUT2D eigenvalue weighted by atomic mass is 19.1. The van der Waals surface area contributed by atoms with E-state index in [-0.39, 0.29) is 5.69 Å². The molecule has 0 saturated carbocycles. The molecule has 2 amide bonds. The molecule has 3 aromatic rings. The summed E-state index contributed by atoms with van der Waals surface area (Å²) in [4.78, 5) is 12.0. The molecule has 0 fully saturated rings. The van der Waals surface area contributed by atoms with Gasteiger partial charge in [-0.25, -0.2) is 9.18 Å². The highest BCUT2D eigenvalue weighted by Crippen LogP contribution is 2.22. The predicted octanol–water partition coefficient (Wildman–Crippen LogP) is 4.36. The van der Waals surface area contributed by atoms with E-state index in [1.807, 2.05) is 6.92 Å². The van der Waals surface area contributed by atoms with Crippen LogP contribution in [-0.4, -0.2) is 16.2 Å². The Hall–Kier alpha value is -3.48. The number of hydrogen-bond acceptors (Lipinski definition) is 4. The Morgan fingerprint density at radius 1 is 1.00 bits per heavy atom. The molecule has 0 unspecified atom stereocenters. The van der Waals surface area contributed by atoms with Crippen LogP contribution in [0.5, 0.6) is 11.6 Å². The molecule has 0 spiro atoms. The smallest absolute Gasteiger partial charge is 0.323 e. The van der Waals surface area contributed by atoms with Crippen LogP contribution >= 0.6 is 0 Å². The van der Waals surface area contributed by atoms with Crippen LogP contribution in [0.2, 0.25) is 0 Å². The molecule has 2 aromatic carbocycles. The summed E-state index contributed by atoms with van der Waals surface area (Å²) >= 11 is 0. The van der Waals surface area contributed by atoms with Gasteiger partial charge in [-0.1, -0.05) is 18.2 Å². The fourth-order valence-electron chi connectivity index (χ4n) is 2.05. The van der Waals surface area contributed by atoms with Crippen LogP contribution in [0.3, 0.4) is 0 Å². The van der Waals surface area contributed by atoms with Gasteiger partial charge < -0.3 is 15.4 Å². The fourth-order valence-corrected chi connectivity index (χ4v) is 2.05. The molecule has 0 aliphatic rings. The lowest BCUT2D eigenvalue weighted by Gasteiger charge is -2.10. The molecule has 6 nitrogen and oxygen atoms in total. The normalized spacial score (nSPS) is 10.2. The van der Waals surface area contributed by atoms with Crippen molar-refractivity contribution in [3.8, 4) is 11.6 Å². The lowest BCUT2D eigenvalue weighted by molar-refractivity contribution is 0.262. The van der Waals surface area contributed by atoms with Gasteiger partial charge in [0, 0.05) is 17.8 Å². The van der Waals surface area contributed by atoms with Crippen molar-refractivity contribution in [2.45, 2.75) is 6.92 Å². The zero-order valence-corrected chi connectivity index (χ0v) is 13.4. The molecule has 0 radical (unpaired) electrons. The van der Waals surface area contributed by atoms with E-state index in [4.69, 9.17) is 4.74 Å². The molecule has 0 bridgehead atoms. The number of ether oxygens (including phenoxy) is 1. The average Bonchev–Trinajstić information content (AvgIpc) is 2.59. The topological polar surface area (TPSA) is 76.1 Å². The molecule has 2 N–H and O–H groups in total. The Kier molecular flexibility index (Phi) is 4.84. The molecule has 1 heterocycles. The summed E-state index contributed by atoms with van der Waals surface area (Å²) in [6.07, 6.45) is 0. The molecule has 0 aliphatic heterocycles. The van der Waals surface area contributed by atoms with Gasteiger partial charge in [-0.3, -0.25) is 0 Å². The molecule has 0 saturated heterocycles. The maximum atomic E-state index is 13.5. The minimum atomic E-state index is -0.558. The van der Waals surface area contributed by atoms with Crippen LogP contribution in [0, 0.1) is 12.7 Å². The minimum Gasteiger partial charge on any atom is -0.437 e. The van der Waals surface area contributed by atoms with Crippen LogP contribution in [0.4, 0.5) is 20.6 Å². The van der Waals surface area contributed by atoms with Crippen molar-refractivity contribution < 1.29 is 13.9 Å². The van der Waals surface area contributed by atoms with Gasteiger partial charge in [0.15, 0.2) is 0 Å². The van der Waals surface area contributed by atoms with Crippen molar-refractivity contribution in [3.05, 3.63) is 72.2 Å². The van der Waals surface area contributed by atoms with E-state index in [1.165, 1.54) is 12.1 Å². The number of urea groups is 1. The summed E-state index contributed by atoms with van der Waals surface area (Å²) in [5.41, 5.74) is 1.38. The van der Waals surface area contributed by atoms with Crippen molar-refractivity contribution in [1.29, 1.82) is 0 Å². The number of benzene rings is 2. The number of aromatic nitrogens is 2. The Morgan fingerprint density at radius 3 is 2.60 bits per heavy atom. The highest BCUT2D eigenvalue weighted by molar-refractivity contribution is 5.99. The summed E-state index contributed by atoms with van der Waals surface area (Å²) in [5.74, 6) is 0.327. The number of anilines is 2. The van der Waals surface area contributed by atoms with Crippen molar-refractivity contribution in [1.82, 2.24) is 10.2 Å². The lowest BCUT2D eigenvalue weighted by atomic mass is 10.3. The number of amides is 2. The number of carbonyl (C=O) groups is 1.